The molecule has 8 aromatic carbocycles. The van der Waals surface area contributed by atoms with Gasteiger partial charge in [0, 0.05) is 50.2 Å². The molecule has 0 atom stereocenters. The normalized spacial score (nSPS) is 11.6. The number of hydrogen-bond donors (Lipinski definition) is 2. The Bertz CT molecular complexity index is 2960. The summed E-state index contributed by atoms with van der Waals surface area (Å²) in [6.07, 6.45) is 2.18. The predicted molar refractivity (Wildman–Crippen MR) is 219 cm³/mol. The van der Waals surface area contributed by atoms with Gasteiger partial charge in [-0.1, -0.05) is 140 Å². The smallest absolute Gasteiger partial charge is 0.0926 e. The molecule has 0 aliphatic rings. The van der Waals surface area contributed by atoms with Crippen LogP contribution >= 0.6 is 0 Å². The van der Waals surface area contributed by atoms with E-state index in [1.807, 2.05) is 18.2 Å². The lowest BCUT2D eigenvalue weighted by Gasteiger charge is -2.16. The molecule has 0 spiro atoms. The summed E-state index contributed by atoms with van der Waals surface area (Å²) >= 11 is 0. The first kappa shape index (κ1) is 30.0. The summed E-state index contributed by atoms with van der Waals surface area (Å²) in [5, 5.41) is 21.7. The van der Waals surface area contributed by atoms with Crippen LogP contribution in [0.15, 0.2) is 182 Å². The zero-order valence-corrected chi connectivity index (χ0v) is 28.4. The maximum absolute atomic E-state index is 9.36. The largest absolute Gasteiger partial charge is 0.367 e. The fourth-order valence-electron chi connectivity index (χ4n) is 8.03. The quantitative estimate of drug-likeness (QED) is 0.163. The van der Waals surface area contributed by atoms with Crippen LogP contribution in [0.25, 0.3) is 71.1 Å². The van der Waals surface area contributed by atoms with Crippen LogP contribution in [0.4, 0.5) is 5.69 Å². The van der Waals surface area contributed by atoms with Crippen molar-refractivity contribution in [3.8, 4) is 16.8 Å². The van der Waals surface area contributed by atoms with Crippen molar-refractivity contribution >= 4 is 65.7 Å². The molecule has 0 bridgehead atoms. The summed E-state index contributed by atoms with van der Waals surface area (Å²) in [4.78, 5) is 0. The number of para-hydroxylation sites is 2. The fraction of sp³-hybridized carbons (Fsp3) is 0.0208. The van der Waals surface area contributed by atoms with Crippen molar-refractivity contribution in [2.24, 2.45) is 0 Å². The molecule has 0 saturated heterocycles. The molecule has 4 nitrogen and oxygen atoms in total. The topological polar surface area (TPSA) is 45.7 Å². The van der Waals surface area contributed by atoms with Crippen LogP contribution in [-0.4, -0.2) is 14.8 Å². The number of rotatable bonds is 7. The average molecular weight is 667 g/mol. The highest BCUT2D eigenvalue weighted by atomic mass is 15.1. The van der Waals surface area contributed by atoms with Crippen LogP contribution in [0.2, 0.25) is 0 Å². The molecule has 2 aromatic heterocycles. The molecule has 0 unspecified atom stereocenters. The van der Waals surface area contributed by atoms with E-state index in [-0.39, 0.29) is 0 Å². The first-order chi connectivity index (χ1) is 25.7. The molecule has 0 fully saturated rings. The number of nitrogens with zero attached hydrogens (tertiary/aromatic N) is 2. The second-order valence-corrected chi connectivity index (χ2v) is 13.4. The molecule has 0 saturated carbocycles. The van der Waals surface area contributed by atoms with Gasteiger partial charge in [-0.15, -0.1) is 0 Å². The van der Waals surface area contributed by atoms with Crippen LogP contribution in [0.5, 0.6) is 0 Å². The van der Waals surface area contributed by atoms with Crippen molar-refractivity contribution in [3.05, 3.63) is 193 Å². The molecule has 0 radical (unpaired) electrons. The van der Waals surface area contributed by atoms with Crippen LogP contribution in [-0.2, 0) is 6.67 Å². The number of nitrogens with one attached hydrogen (secondary N) is 2. The number of fused-ring (bicyclic) bond motifs is 8. The van der Waals surface area contributed by atoms with Crippen molar-refractivity contribution in [2.45, 2.75) is 6.67 Å². The van der Waals surface area contributed by atoms with Gasteiger partial charge in [-0.2, -0.15) is 0 Å². The third kappa shape index (κ3) is 4.80. The molecule has 246 valence electrons. The standard InChI is InChI=1S/C48H34N4/c49-47(35-23-21-34(22-24-35)38-19-10-13-32-11-4-6-16-37(32)38)40-18-8-9-20-43(40)50-31-52-45-28-27-44-41(29-30-51(44)36-14-2-1-3-15-36)46(45)42-26-25-33-12-5-7-17-39(33)48(42)52/h1-30,49-50H,31H2. The van der Waals surface area contributed by atoms with Gasteiger partial charge in [-0.05, 0) is 63.7 Å². The molecular formula is C48H34N4. The van der Waals surface area contributed by atoms with Crippen molar-refractivity contribution in [3.63, 3.8) is 0 Å². The maximum atomic E-state index is 9.36. The Hall–Kier alpha value is -6.91. The van der Waals surface area contributed by atoms with Crippen LogP contribution in [0.1, 0.15) is 11.1 Å². The molecule has 0 amide bonds. The van der Waals surface area contributed by atoms with Crippen LogP contribution < -0.4 is 5.32 Å². The van der Waals surface area contributed by atoms with E-state index >= 15 is 0 Å². The van der Waals surface area contributed by atoms with Crippen molar-refractivity contribution < 1.29 is 0 Å². The molecule has 52 heavy (non-hydrogen) atoms. The Kier molecular flexibility index (Phi) is 7.00. The van der Waals surface area contributed by atoms with Crippen molar-refractivity contribution in [1.29, 1.82) is 5.41 Å². The molecule has 10 aromatic rings. The monoisotopic (exact) mass is 666 g/mol. The third-order valence-electron chi connectivity index (χ3n) is 10.5. The van der Waals surface area contributed by atoms with Gasteiger partial charge in [0.05, 0.1) is 28.9 Å². The van der Waals surface area contributed by atoms with E-state index in [4.69, 9.17) is 0 Å². The molecular weight excluding hydrogens is 633 g/mol. The Morgan fingerprint density at radius 2 is 1.21 bits per heavy atom. The predicted octanol–water partition coefficient (Wildman–Crippen LogP) is 12.2. The summed E-state index contributed by atoms with van der Waals surface area (Å²) in [7, 11) is 0. The zero-order valence-electron chi connectivity index (χ0n) is 28.4. The lowest BCUT2D eigenvalue weighted by Crippen LogP contribution is -2.12. The minimum atomic E-state index is 0.490. The molecule has 4 heteroatoms. The van der Waals surface area contributed by atoms with Gasteiger partial charge in [-0.25, -0.2) is 0 Å². The summed E-state index contributed by atoms with van der Waals surface area (Å²) in [5.74, 6) is 0. The summed E-state index contributed by atoms with van der Waals surface area (Å²) in [6.45, 7) is 0.545. The Balaban J connectivity index is 1.04. The highest BCUT2D eigenvalue weighted by Crippen LogP contribution is 2.39. The number of anilines is 1. The van der Waals surface area contributed by atoms with Gasteiger partial charge >= 0.3 is 0 Å². The van der Waals surface area contributed by atoms with E-state index in [2.05, 4.69) is 178 Å². The minimum absolute atomic E-state index is 0.490. The second kappa shape index (κ2) is 12.1. The Labute approximate surface area is 301 Å². The molecule has 2 heterocycles. The molecule has 2 N–H and O–H groups in total. The average Bonchev–Trinajstić information content (AvgIpc) is 3.79. The van der Waals surface area contributed by atoms with E-state index < -0.39 is 0 Å². The first-order valence-corrected chi connectivity index (χ1v) is 17.7. The lowest BCUT2D eigenvalue weighted by atomic mass is 9.95. The van der Waals surface area contributed by atoms with Gasteiger partial charge in [-0.3, -0.25) is 5.41 Å². The van der Waals surface area contributed by atoms with E-state index in [0.717, 1.165) is 28.1 Å². The van der Waals surface area contributed by atoms with E-state index in [1.165, 1.54) is 59.8 Å². The number of hydrogen-bond acceptors (Lipinski definition) is 2. The number of aromatic nitrogens is 2. The van der Waals surface area contributed by atoms with E-state index in [1.54, 1.807) is 0 Å². The van der Waals surface area contributed by atoms with Crippen molar-refractivity contribution in [1.82, 2.24) is 9.13 Å². The summed E-state index contributed by atoms with van der Waals surface area (Å²) < 4.78 is 4.68. The van der Waals surface area contributed by atoms with E-state index in [9.17, 15) is 5.41 Å². The Morgan fingerprint density at radius 1 is 0.519 bits per heavy atom. The molecule has 10 rings (SSSR count). The lowest BCUT2D eigenvalue weighted by molar-refractivity contribution is 0.843. The van der Waals surface area contributed by atoms with Crippen LogP contribution in [0.3, 0.4) is 0 Å². The first-order valence-electron chi connectivity index (χ1n) is 17.7. The highest BCUT2D eigenvalue weighted by Gasteiger charge is 2.18. The Morgan fingerprint density at radius 3 is 2.06 bits per heavy atom. The van der Waals surface area contributed by atoms with E-state index in [0.29, 0.717) is 12.4 Å². The summed E-state index contributed by atoms with van der Waals surface area (Å²) in [5.41, 5.74) is 10.2. The minimum Gasteiger partial charge on any atom is -0.367 e. The summed E-state index contributed by atoms with van der Waals surface area (Å²) in [6, 6.07) is 62.0. The van der Waals surface area contributed by atoms with Gasteiger partial charge in [0.25, 0.3) is 0 Å². The van der Waals surface area contributed by atoms with Crippen LogP contribution in [0, 0.1) is 5.41 Å². The fourth-order valence-corrected chi connectivity index (χ4v) is 8.03. The van der Waals surface area contributed by atoms with Gasteiger partial charge in [0.1, 0.15) is 0 Å². The van der Waals surface area contributed by atoms with Gasteiger partial charge in [0.15, 0.2) is 0 Å². The third-order valence-corrected chi connectivity index (χ3v) is 10.5. The van der Waals surface area contributed by atoms with Gasteiger partial charge in [0.2, 0.25) is 0 Å². The zero-order chi connectivity index (χ0) is 34.6. The van der Waals surface area contributed by atoms with Crippen molar-refractivity contribution in [2.75, 3.05) is 5.32 Å². The second-order valence-electron chi connectivity index (χ2n) is 13.4. The molecule has 0 aliphatic heterocycles. The maximum Gasteiger partial charge on any atom is 0.0926 e. The van der Waals surface area contributed by atoms with Gasteiger partial charge < -0.3 is 14.5 Å². The number of benzene rings is 8. The SMILES string of the molecule is N=C(c1ccc(-c2cccc3ccccc23)cc1)c1ccccc1NCn1c2ccc3c(ccn3-c3ccccc3)c2c2ccc3ccccc3c21. The highest BCUT2D eigenvalue weighted by molar-refractivity contribution is 6.25. The molecule has 0 aliphatic carbocycles.